The molecule has 3 rings (SSSR count). The van der Waals surface area contributed by atoms with Gasteiger partial charge in [-0.15, -0.1) is 0 Å². The molecule has 0 saturated carbocycles. The highest BCUT2D eigenvalue weighted by Gasteiger charge is 2.28. The monoisotopic (exact) mass is 340 g/mol. The van der Waals surface area contributed by atoms with E-state index in [1.54, 1.807) is 7.11 Å². The first kappa shape index (κ1) is 17.3. The van der Waals surface area contributed by atoms with Crippen molar-refractivity contribution >= 4 is 22.6 Å². The van der Waals surface area contributed by atoms with E-state index in [0.717, 1.165) is 22.1 Å². The number of likely N-dealkylation sites (tertiary alicyclic amines) is 1. The van der Waals surface area contributed by atoms with E-state index in [4.69, 9.17) is 10.5 Å². The van der Waals surface area contributed by atoms with Gasteiger partial charge >= 0.3 is 0 Å². The van der Waals surface area contributed by atoms with Crippen LogP contribution in [-0.4, -0.2) is 36.9 Å². The molecular weight excluding hydrogens is 316 g/mol. The average Bonchev–Trinajstić information content (AvgIpc) is 2.66. The zero-order chi connectivity index (χ0) is 18.0. The summed E-state index contributed by atoms with van der Waals surface area (Å²) in [6.45, 7) is 3.14. The molecule has 0 unspecified atom stereocenters. The van der Waals surface area contributed by atoms with Crippen molar-refractivity contribution in [3.05, 3.63) is 42.0 Å². The van der Waals surface area contributed by atoms with Crippen molar-refractivity contribution in [2.45, 2.75) is 25.7 Å². The van der Waals surface area contributed by atoms with Crippen molar-refractivity contribution in [3.63, 3.8) is 0 Å². The number of primary amides is 1. The van der Waals surface area contributed by atoms with Crippen LogP contribution in [0.25, 0.3) is 10.8 Å². The smallest absolute Gasteiger partial charge is 0.229 e. The number of carbonyl (C=O) groups excluding carboxylic acids is 2. The van der Waals surface area contributed by atoms with Crippen LogP contribution in [0.5, 0.6) is 5.75 Å². The van der Waals surface area contributed by atoms with Crippen LogP contribution in [0, 0.1) is 5.92 Å². The van der Waals surface area contributed by atoms with Crippen LogP contribution in [0.1, 0.15) is 31.2 Å². The summed E-state index contributed by atoms with van der Waals surface area (Å²) in [6, 6.07) is 12.0. The maximum absolute atomic E-state index is 12.8. The second kappa shape index (κ2) is 7.13. The minimum absolute atomic E-state index is 0.102. The lowest BCUT2D eigenvalue weighted by Crippen LogP contribution is -2.43. The Labute approximate surface area is 147 Å². The van der Waals surface area contributed by atoms with Gasteiger partial charge in [0.1, 0.15) is 5.75 Å². The first-order valence-electron chi connectivity index (χ1n) is 8.65. The van der Waals surface area contributed by atoms with Crippen molar-refractivity contribution in [3.8, 4) is 5.75 Å². The van der Waals surface area contributed by atoms with Crippen molar-refractivity contribution in [1.82, 2.24) is 4.90 Å². The number of amides is 2. The highest BCUT2D eigenvalue weighted by atomic mass is 16.5. The third-order valence-electron chi connectivity index (χ3n) is 5.15. The van der Waals surface area contributed by atoms with E-state index >= 15 is 0 Å². The average molecular weight is 340 g/mol. The number of hydrogen-bond donors (Lipinski definition) is 1. The Hall–Kier alpha value is -2.56. The second-order valence-electron chi connectivity index (χ2n) is 6.70. The molecular formula is C20H24N2O3. The zero-order valence-electron chi connectivity index (χ0n) is 14.7. The lowest BCUT2D eigenvalue weighted by molar-refractivity contribution is -0.135. The maximum atomic E-state index is 12.8. The van der Waals surface area contributed by atoms with E-state index in [2.05, 4.69) is 6.07 Å². The van der Waals surface area contributed by atoms with Crippen LogP contribution in [0.4, 0.5) is 0 Å². The molecule has 25 heavy (non-hydrogen) atoms. The fourth-order valence-corrected chi connectivity index (χ4v) is 3.44. The molecule has 2 N–H and O–H groups in total. The summed E-state index contributed by atoms with van der Waals surface area (Å²) in [5.74, 6) is 0.356. The zero-order valence-corrected chi connectivity index (χ0v) is 14.7. The number of carbonyl (C=O) groups is 2. The van der Waals surface area contributed by atoms with Crippen LogP contribution in [0.2, 0.25) is 0 Å². The lowest BCUT2D eigenvalue weighted by Gasteiger charge is -2.32. The third-order valence-corrected chi connectivity index (χ3v) is 5.15. The highest BCUT2D eigenvalue weighted by molar-refractivity contribution is 5.88. The summed E-state index contributed by atoms with van der Waals surface area (Å²) in [5, 5.41) is 2.18. The molecule has 1 saturated heterocycles. The number of fused-ring (bicyclic) bond motifs is 1. The van der Waals surface area contributed by atoms with Crippen molar-refractivity contribution in [2.75, 3.05) is 20.2 Å². The molecule has 0 aromatic heterocycles. The molecule has 0 bridgehead atoms. The number of piperidine rings is 1. The number of ether oxygens (including phenoxy) is 1. The molecule has 1 heterocycles. The Morgan fingerprint density at radius 3 is 2.40 bits per heavy atom. The van der Waals surface area contributed by atoms with Gasteiger partial charge in [0.15, 0.2) is 0 Å². The van der Waals surface area contributed by atoms with Gasteiger partial charge in [-0.25, -0.2) is 0 Å². The minimum atomic E-state index is -0.259. The molecule has 1 aliphatic heterocycles. The fraction of sp³-hybridized carbons (Fsp3) is 0.400. The Morgan fingerprint density at radius 2 is 1.76 bits per heavy atom. The predicted molar refractivity (Wildman–Crippen MR) is 97.4 cm³/mol. The maximum Gasteiger partial charge on any atom is 0.229 e. The summed E-state index contributed by atoms with van der Waals surface area (Å²) in [6.07, 6.45) is 1.32. The van der Waals surface area contributed by atoms with Gasteiger partial charge in [0.25, 0.3) is 0 Å². The summed E-state index contributed by atoms with van der Waals surface area (Å²) in [5.41, 5.74) is 6.36. The van der Waals surface area contributed by atoms with Crippen LogP contribution in [-0.2, 0) is 9.59 Å². The lowest BCUT2D eigenvalue weighted by atomic mass is 9.93. The number of methoxy groups -OCH3 is 1. The van der Waals surface area contributed by atoms with Gasteiger partial charge in [0.2, 0.25) is 11.8 Å². The SMILES string of the molecule is COc1ccc2cc([C@@H](C)C(=O)N3CCC(C(N)=O)CC3)ccc2c1. The van der Waals surface area contributed by atoms with Gasteiger partial charge in [-0.05, 0) is 48.2 Å². The summed E-state index contributed by atoms with van der Waals surface area (Å²) >= 11 is 0. The van der Waals surface area contributed by atoms with Crippen LogP contribution in [0.15, 0.2) is 36.4 Å². The van der Waals surface area contributed by atoms with E-state index < -0.39 is 0 Å². The normalized spacial score (nSPS) is 16.6. The van der Waals surface area contributed by atoms with E-state index in [9.17, 15) is 9.59 Å². The largest absolute Gasteiger partial charge is 0.497 e. The molecule has 2 amide bonds. The molecule has 0 spiro atoms. The van der Waals surface area contributed by atoms with Crippen molar-refractivity contribution in [2.24, 2.45) is 11.7 Å². The number of nitrogens with zero attached hydrogens (tertiary/aromatic N) is 1. The number of benzene rings is 2. The van der Waals surface area contributed by atoms with Crippen molar-refractivity contribution < 1.29 is 14.3 Å². The minimum Gasteiger partial charge on any atom is -0.497 e. The summed E-state index contributed by atoms with van der Waals surface area (Å²) in [4.78, 5) is 25.9. The first-order chi connectivity index (χ1) is 12.0. The fourth-order valence-electron chi connectivity index (χ4n) is 3.44. The van der Waals surface area contributed by atoms with E-state index in [0.29, 0.717) is 25.9 Å². The highest BCUT2D eigenvalue weighted by Crippen LogP contribution is 2.27. The molecule has 5 nitrogen and oxygen atoms in total. The second-order valence-corrected chi connectivity index (χ2v) is 6.70. The standard InChI is InChI=1S/C20H24N2O3/c1-13(20(24)22-9-7-14(8-10-22)19(21)23)15-3-4-17-12-18(25-2)6-5-16(17)11-15/h3-6,11-14H,7-10H2,1-2H3,(H2,21,23)/t13-/m1/s1. The molecule has 2 aromatic rings. The molecule has 0 radical (unpaired) electrons. The Bertz CT molecular complexity index is 795. The third kappa shape index (κ3) is 3.60. The van der Waals surface area contributed by atoms with Crippen molar-refractivity contribution in [1.29, 1.82) is 0 Å². The quantitative estimate of drug-likeness (QED) is 0.930. The van der Waals surface area contributed by atoms with Gasteiger partial charge in [-0.3, -0.25) is 9.59 Å². The summed E-state index contributed by atoms with van der Waals surface area (Å²) in [7, 11) is 1.65. The molecule has 5 heteroatoms. The van der Waals surface area contributed by atoms with Crippen LogP contribution < -0.4 is 10.5 Å². The number of nitrogens with two attached hydrogens (primary N) is 1. The molecule has 1 atom stereocenters. The molecule has 132 valence electrons. The van der Waals surface area contributed by atoms with Gasteiger partial charge in [-0.1, -0.05) is 24.3 Å². The Morgan fingerprint density at radius 1 is 1.12 bits per heavy atom. The topological polar surface area (TPSA) is 72.6 Å². The van der Waals surface area contributed by atoms with Crippen LogP contribution >= 0.6 is 0 Å². The van der Waals surface area contributed by atoms with E-state index in [-0.39, 0.29) is 23.7 Å². The van der Waals surface area contributed by atoms with E-state index in [1.807, 2.05) is 42.2 Å². The number of rotatable bonds is 4. The molecule has 0 aliphatic carbocycles. The van der Waals surface area contributed by atoms with Gasteiger partial charge in [-0.2, -0.15) is 0 Å². The molecule has 2 aromatic carbocycles. The Balaban J connectivity index is 1.74. The van der Waals surface area contributed by atoms with Gasteiger partial charge in [0.05, 0.1) is 13.0 Å². The molecule has 1 fully saturated rings. The first-order valence-corrected chi connectivity index (χ1v) is 8.65. The van der Waals surface area contributed by atoms with Crippen LogP contribution in [0.3, 0.4) is 0 Å². The Kier molecular flexibility index (Phi) is 4.93. The number of hydrogen-bond acceptors (Lipinski definition) is 3. The molecule has 1 aliphatic rings. The van der Waals surface area contributed by atoms with E-state index in [1.165, 1.54) is 0 Å². The predicted octanol–water partition coefficient (Wildman–Crippen LogP) is 2.68. The summed E-state index contributed by atoms with van der Waals surface area (Å²) < 4.78 is 5.25. The van der Waals surface area contributed by atoms with Gasteiger partial charge in [0, 0.05) is 19.0 Å². The van der Waals surface area contributed by atoms with Gasteiger partial charge < -0.3 is 15.4 Å².